The van der Waals surface area contributed by atoms with Crippen molar-refractivity contribution < 1.29 is 9.90 Å². The maximum absolute atomic E-state index is 10.7. The molecule has 1 aromatic heterocycles. The van der Waals surface area contributed by atoms with Crippen LogP contribution in [-0.4, -0.2) is 32.7 Å². The maximum Gasteiger partial charge on any atom is 0.321 e. The summed E-state index contributed by atoms with van der Waals surface area (Å²) < 4.78 is 1.84. The van der Waals surface area contributed by atoms with Crippen molar-refractivity contribution in [2.45, 2.75) is 24.9 Å². The van der Waals surface area contributed by atoms with Gasteiger partial charge in [0.2, 0.25) is 0 Å². The van der Waals surface area contributed by atoms with E-state index in [0.29, 0.717) is 5.75 Å². The minimum absolute atomic E-state index is 0.0615. The summed E-state index contributed by atoms with van der Waals surface area (Å²) in [6, 6.07) is -0.440. The quantitative estimate of drug-likeness (QED) is 0.795. The summed E-state index contributed by atoms with van der Waals surface area (Å²) in [5, 5.41) is 16.1. The van der Waals surface area contributed by atoms with Crippen LogP contribution in [0.5, 0.6) is 0 Å². The minimum atomic E-state index is -0.784. The van der Waals surface area contributed by atoms with Crippen LogP contribution < -0.4 is 5.32 Å². The number of hydrogen-bond donors (Lipinski definition) is 2. The molecule has 82 valence electrons. The largest absolute Gasteiger partial charge is 0.480 e. The molecule has 2 heterocycles. The standard InChI is InChI=1S/C9H13N3O2S/c1-2-12-4-6(3-10-12)8-11-7(5-15-8)9(13)14/h3-4,7-8,11H,2,5H2,1H3,(H,13,14)/t7-,8-/m1/s1. The van der Waals surface area contributed by atoms with E-state index in [1.807, 2.05) is 17.8 Å². The molecule has 0 radical (unpaired) electrons. The number of aliphatic carboxylic acids is 1. The number of nitrogens with one attached hydrogen (secondary N) is 1. The molecule has 0 aromatic carbocycles. The lowest BCUT2D eigenvalue weighted by atomic mass is 10.3. The lowest BCUT2D eigenvalue weighted by molar-refractivity contribution is -0.138. The first-order chi connectivity index (χ1) is 7.20. The molecule has 0 spiro atoms. The Kier molecular flexibility index (Phi) is 2.97. The Morgan fingerprint density at radius 1 is 1.87 bits per heavy atom. The van der Waals surface area contributed by atoms with Gasteiger partial charge in [-0.25, -0.2) is 0 Å². The number of aryl methyl sites for hydroxylation is 1. The van der Waals surface area contributed by atoms with Crippen molar-refractivity contribution in [3.8, 4) is 0 Å². The predicted octanol–water partition coefficient (Wildman–Crippen LogP) is 0.691. The molecule has 0 amide bonds. The lowest BCUT2D eigenvalue weighted by Crippen LogP contribution is -2.33. The van der Waals surface area contributed by atoms with Gasteiger partial charge >= 0.3 is 5.97 Å². The molecule has 1 aliphatic rings. The first kappa shape index (κ1) is 10.5. The summed E-state index contributed by atoms with van der Waals surface area (Å²) >= 11 is 1.61. The van der Waals surface area contributed by atoms with Gasteiger partial charge in [-0.1, -0.05) is 0 Å². The average molecular weight is 227 g/mol. The van der Waals surface area contributed by atoms with Gasteiger partial charge in [0.05, 0.1) is 11.6 Å². The predicted molar refractivity (Wildman–Crippen MR) is 57.7 cm³/mol. The lowest BCUT2D eigenvalue weighted by Gasteiger charge is -2.07. The summed E-state index contributed by atoms with van der Waals surface area (Å²) in [5.41, 5.74) is 1.05. The Bertz CT molecular complexity index is 366. The zero-order chi connectivity index (χ0) is 10.8. The van der Waals surface area contributed by atoms with Gasteiger partial charge in [-0.05, 0) is 6.92 Å². The molecule has 6 heteroatoms. The van der Waals surface area contributed by atoms with Gasteiger partial charge in [0.25, 0.3) is 0 Å². The molecule has 1 aromatic rings. The SMILES string of the molecule is CCn1cc([C@@H]2N[C@@H](C(=O)O)CS2)cn1. The molecule has 0 bridgehead atoms. The second-order valence-corrected chi connectivity index (χ2v) is 4.54. The molecular formula is C9H13N3O2S. The van der Waals surface area contributed by atoms with Crippen molar-refractivity contribution in [1.82, 2.24) is 15.1 Å². The Morgan fingerprint density at radius 2 is 2.67 bits per heavy atom. The average Bonchev–Trinajstić information content (AvgIpc) is 2.86. The number of aromatic nitrogens is 2. The number of hydrogen-bond acceptors (Lipinski definition) is 4. The molecule has 0 saturated carbocycles. The third-order valence-electron chi connectivity index (χ3n) is 2.36. The van der Waals surface area contributed by atoms with Crippen LogP contribution in [0.25, 0.3) is 0 Å². The molecule has 2 rings (SSSR count). The van der Waals surface area contributed by atoms with Gasteiger partial charge in [-0.2, -0.15) is 5.10 Å². The molecule has 2 N–H and O–H groups in total. The van der Waals surface area contributed by atoms with E-state index in [9.17, 15) is 4.79 Å². The summed E-state index contributed by atoms with van der Waals surface area (Å²) in [6.07, 6.45) is 3.74. The molecular weight excluding hydrogens is 214 g/mol. The van der Waals surface area contributed by atoms with Crippen LogP contribution in [0.4, 0.5) is 0 Å². The minimum Gasteiger partial charge on any atom is -0.480 e. The smallest absolute Gasteiger partial charge is 0.321 e. The Labute approximate surface area is 91.9 Å². The van der Waals surface area contributed by atoms with Crippen molar-refractivity contribution in [1.29, 1.82) is 0 Å². The monoisotopic (exact) mass is 227 g/mol. The Balaban J connectivity index is 2.04. The molecule has 15 heavy (non-hydrogen) atoms. The first-order valence-electron chi connectivity index (χ1n) is 4.83. The zero-order valence-corrected chi connectivity index (χ0v) is 9.20. The van der Waals surface area contributed by atoms with Crippen LogP contribution in [0.1, 0.15) is 17.9 Å². The third kappa shape index (κ3) is 2.15. The summed E-state index contributed by atoms with van der Waals surface area (Å²) in [6.45, 7) is 2.85. The highest BCUT2D eigenvalue weighted by Crippen LogP contribution is 2.32. The molecule has 1 aliphatic heterocycles. The van der Waals surface area contributed by atoms with Crippen LogP contribution in [0, 0.1) is 0 Å². The second kappa shape index (κ2) is 4.24. The van der Waals surface area contributed by atoms with Crippen LogP contribution >= 0.6 is 11.8 Å². The highest BCUT2D eigenvalue weighted by Gasteiger charge is 2.30. The van der Waals surface area contributed by atoms with E-state index in [1.165, 1.54) is 0 Å². The van der Waals surface area contributed by atoms with E-state index in [4.69, 9.17) is 5.11 Å². The van der Waals surface area contributed by atoms with Crippen molar-refractivity contribution >= 4 is 17.7 Å². The van der Waals surface area contributed by atoms with E-state index < -0.39 is 12.0 Å². The van der Waals surface area contributed by atoms with Gasteiger partial charge < -0.3 is 5.11 Å². The van der Waals surface area contributed by atoms with Gasteiger partial charge in [0, 0.05) is 24.1 Å². The number of carbonyl (C=O) groups is 1. The van der Waals surface area contributed by atoms with Crippen LogP contribution in [-0.2, 0) is 11.3 Å². The highest BCUT2D eigenvalue weighted by atomic mass is 32.2. The van der Waals surface area contributed by atoms with Gasteiger partial charge in [-0.3, -0.25) is 14.8 Å². The zero-order valence-electron chi connectivity index (χ0n) is 8.38. The van der Waals surface area contributed by atoms with Crippen LogP contribution in [0.2, 0.25) is 0 Å². The van der Waals surface area contributed by atoms with Crippen LogP contribution in [0.15, 0.2) is 12.4 Å². The van der Waals surface area contributed by atoms with Crippen molar-refractivity contribution in [2.75, 3.05) is 5.75 Å². The molecule has 2 atom stereocenters. The second-order valence-electron chi connectivity index (χ2n) is 3.40. The fourth-order valence-corrected chi connectivity index (χ4v) is 2.69. The molecule has 0 aliphatic carbocycles. The number of carboxylic acid groups (broad SMARTS) is 1. The van der Waals surface area contributed by atoms with Crippen molar-refractivity contribution in [2.24, 2.45) is 0 Å². The van der Waals surface area contributed by atoms with Gasteiger partial charge in [0.15, 0.2) is 0 Å². The van der Waals surface area contributed by atoms with Crippen LogP contribution in [0.3, 0.4) is 0 Å². The fraction of sp³-hybridized carbons (Fsp3) is 0.556. The van der Waals surface area contributed by atoms with E-state index in [-0.39, 0.29) is 5.37 Å². The molecule has 0 unspecified atom stereocenters. The number of carboxylic acids is 1. The number of nitrogens with zero attached hydrogens (tertiary/aromatic N) is 2. The molecule has 5 nitrogen and oxygen atoms in total. The first-order valence-corrected chi connectivity index (χ1v) is 5.88. The maximum atomic E-state index is 10.7. The molecule has 1 fully saturated rings. The van der Waals surface area contributed by atoms with Gasteiger partial charge in [-0.15, -0.1) is 11.8 Å². The normalized spacial score (nSPS) is 25.7. The summed E-state index contributed by atoms with van der Waals surface area (Å²) in [5.74, 6) is -0.176. The van der Waals surface area contributed by atoms with Crippen molar-refractivity contribution in [3.63, 3.8) is 0 Å². The summed E-state index contributed by atoms with van der Waals surface area (Å²) in [4.78, 5) is 10.7. The Hall–Kier alpha value is -1.01. The van der Waals surface area contributed by atoms with E-state index in [0.717, 1.165) is 12.1 Å². The Morgan fingerprint density at radius 3 is 3.20 bits per heavy atom. The van der Waals surface area contributed by atoms with E-state index >= 15 is 0 Å². The summed E-state index contributed by atoms with van der Waals surface area (Å²) in [7, 11) is 0. The molecule has 1 saturated heterocycles. The number of thioether (sulfide) groups is 1. The van der Waals surface area contributed by atoms with E-state index in [2.05, 4.69) is 10.4 Å². The third-order valence-corrected chi connectivity index (χ3v) is 3.63. The van der Waals surface area contributed by atoms with Crippen molar-refractivity contribution in [3.05, 3.63) is 18.0 Å². The topological polar surface area (TPSA) is 67.2 Å². The van der Waals surface area contributed by atoms with E-state index in [1.54, 1.807) is 18.0 Å². The highest BCUT2D eigenvalue weighted by molar-refractivity contribution is 7.99. The number of rotatable bonds is 3. The fourth-order valence-electron chi connectivity index (χ4n) is 1.49. The van der Waals surface area contributed by atoms with Gasteiger partial charge in [0.1, 0.15) is 6.04 Å².